The van der Waals surface area contributed by atoms with Crippen LogP contribution in [-0.2, 0) is 9.59 Å². The number of nitrogens with two attached hydrogens (primary N) is 1. The molecule has 0 heterocycles. The molecule has 0 saturated carbocycles. The van der Waals surface area contributed by atoms with Gasteiger partial charge in [-0.1, -0.05) is 6.42 Å². The van der Waals surface area contributed by atoms with Crippen LogP contribution in [0.25, 0.3) is 0 Å². The van der Waals surface area contributed by atoms with E-state index in [1.54, 1.807) is 11.8 Å². The maximum absolute atomic E-state index is 11.7. The van der Waals surface area contributed by atoms with Gasteiger partial charge in [0, 0.05) is 19.5 Å². The van der Waals surface area contributed by atoms with Gasteiger partial charge in [-0.3, -0.25) is 15.0 Å². The molecule has 0 atom stereocenters. The Morgan fingerprint density at radius 3 is 2.39 bits per heavy atom. The first-order valence-electron chi connectivity index (χ1n) is 6.50. The van der Waals surface area contributed by atoms with Crippen molar-refractivity contribution < 1.29 is 9.59 Å². The number of amides is 2. The van der Waals surface area contributed by atoms with Gasteiger partial charge in [0.2, 0.25) is 11.8 Å². The molecule has 0 fully saturated rings. The zero-order chi connectivity index (χ0) is 13.8. The van der Waals surface area contributed by atoms with Gasteiger partial charge in [0.1, 0.15) is 0 Å². The minimum atomic E-state index is -0.112. The summed E-state index contributed by atoms with van der Waals surface area (Å²) in [6.07, 6.45) is 3.38. The van der Waals surface area contributed by atoms with E-state index < -0.39 is 0 Å². The molecule has 6 heteroatoms. The Hall–Kier alpha value is -0.750. The first-order valence-corrected chi connectivity index (χ1v) is 7.66. The molecule has 0 unspecified atom stereocenters. The third-order valence-corrected chi connectivity index (χ3v) is 3.72. The summed E-state index contributed by atoms with van der Waals surface area (Å²) < 4.78 is 0. The van der Waals surface area contributed by atoms with E-state index in [2.05, 4.69) is 5.43 Å². The summed E-state index contributed by atoms with van der Waals surface area (Å²) in [5, 5.41) is 0. The zero-order valence-electron chi connectivity index (χ0n) is 11.4. The van der Waals surface area contributed by atoms with Crippen LogP contribution in [0.2, 0.25) is 0 Å². The molecule has 0 aliphatic carbocycles. The van der Waals surface area contributed by atoms with E-state index in [0.717, 1.165) is 38.1 Å². The molecule has 2 amide bonds. The second kappa shape index (κ2) is 11.3. The molecule has 0 aromatic carbocycles. The Morgan fingerprint density at radius 1 is 1.17 bits per heavy atom. The summed E-state index contributed by atoms with van der Waals surface area (Å²) in [6.45, 7) is 5.55. The standard InChI is InChI=1S/C12H25N3O2S/c1-3-15(4-2)12(17)10-18-9-7-5-6-8-11(16)14-13/h3-10,13H2,1-2H3,(H,14,16). The molecule has 106 valence electrons. The summed E-state index contributed by atoms with van der Waals surface area (Å²) in [6, 6.07) is 0. The highest BCUT2D eigenvalue weighted by molar-refractivity contribution is 7.99. The van der Waals surface area contributed by atoms with Crippen LogP contribution in [0.1, 0.15) is 39.5 Å². The highest BCUT2D eigenvalue weighted by Gasteiger charge is 2.08. The fraction of sp³-hybridized carbons (Fsp3) is 0.833. The van der Waals surface area contributed by atoms with Gasteiger partial charge in [-0.05, 0) is 32.4 Å². The lowest BCUT2D eigenvalue weighted by Crippen LogP contribution is -2.31. The summed E-state index contributed by atoms with van der Waals surface area (Å²) in [5.41, 5.74) is 2.11. The Morgan fingerprint density at radius 2 is 1.83 bits per heavy atom. The number of thioether (sulfide) groups is 1. The average Bonchev–Trinajstić information content (AvgIpc) is 2.38. The number of carbonyl (C=O) groups excluding carboxylic acids is 2. The van der Waals surface area contributed by atoms with Crippen molar-refractivity contribution in [3.63, 3.8) is 0 Å². The molecule has 18 heavy (non-hydrogen) atoms. The van der Waals surface area contributed by atoms with Gasteiger partial charge in [0.15, 0.2) is 0 Å². The average molecular weight is 275 g/mol. The maximum atomic E-state index is 11.7. The molecule has 0 rings (SSSR count). The van der Waals surface area contributed by atoms with Crippen molar-refractivity contribution in [2.45, 2.75) is 39.5 Å². The number of rotatable bonds is 10. The summed E-state index contributed by atoms with van der Waals surface area (Å²) in [7, 11) is 0. The van der Waals surface area contributed by atoms with Crippen molar-refractivity contribution in [2.24, 2.45) is 5.84 Å². The Bertz CT molecular complexity index is 245. The molecule has 0 aliphatic heterocycles. The van der Waals surface area contributed by atoms with Crippen molar-refractivity contribution >= 4 is 23.6 Å². The third-order valence-electron chi connectivity index (χ3n) is 2.70. The molecule has 0 saturated heterocycles. The van der Waals surface area contributed by atoms with Gasteiger partial charge in [0.25, 0.3) is 0 Å². The van der Waals surface area contributed by atoms with E-state index in [9.17, 15) is 9.59 Å². The van der Waals surface area contributed by atoms with Crippen LogP contribution in [0, 0.1) is 0 Å². The van der Waals surface area contributed by atoms with Crippen molar-refractivity contribution in [1.82, 2.24) is 10.3 Å². The number of unbranched alkanes of at least 4 members (excludes halogenated alkanes) is 2. The minimum Gasteiger partial charge on any atom is -0.343 e. The van der Waals surface area contributed by atoms with Crippen molar-refractivity contribution in [3.05, 3.63) is 0 Å². The monoisotopic (exact) mass is 275 g/mol. The lowest BCUT2D eigenvalue weighted by Gasteiger charge is -2.18. The lowest BCUT2D eigenvalue weighted by atomic mass is 10.2. The van der Waals surface area contributed by atoms with Crippen LogP contribution in [0.15, 0.2) is 0 Å². The Kier molecular flexibility index (Phi) is 10.9. The molecule has 5 nitrogen and oxygen atoms in total. The molecule has 0 radical (unpaired) electrons. The van der Waals surface area contributed by atoms with Gasteiger partial charge in [-0.15, -0.1) is 0 Å². The predicted octanol–water partition coefficient (Wildman–Crippen LogP) is 1.14. The largest absolute Gasteiger partial charge is 0.343 e. The van der Waals surface area contributed by atoms with E-state index >= 15 is 0 Å². The minimum absolute atomic E-state index is 0.112. The van der Waals surface area contributed by atoms with Gasteiger partial charge < -0.3 is 4.90 Å². The molecule has 0 aromatic rings. The van der Waals surface area contributed by atoms with E-state index in [1.807, 2.05) is 18.7 Å². The van der Waals surface area contributed by atoms with Gasteiger partial charge >= 0.3 is 0 Å². The van der Waals surface area contributed by atoms with Crippen LogP contribution < -0.4 is 11.3 Å². The molecule has 3 N–H and O–H groups in total. The number of nitrogens with one attached hydrogen (secondary N) is 1. The van der Waals surface area contributed by atoms with Crippen LogP contribution in [0.5, 0.6) is 0 Å². The highest BCUT2D eigenvalue weighted by Crippen LogP contribution is 2.08. The predicted molar refractivity (Wildman–Crippen MR) is 76.1 cm³/mol. The fourth-order valence-electron chi connectivity index (χ4n) is 1.57. The summed E-state index contributed by atoms with van der Waals surface area (Å²) >= 11 is 1.67. The Labute approximate surface area is 114 Å². The number of carbonyl (C=O) groups is 2. The topological polar surface area (TPSA) is 75.4 Å². The van der Waals surface area contributed by atoms with E-state index in [0.29, 0.717) is 12.2 Å². The number of hydrogen-bond donors (Lipinski definition) is 2. The third kappa shape index (κ3) is 8.36. The van der Waals surface area contributed by atoms with Crippen LogP contribution in [0.4, 0.5) is 0 Å². The van der Waals surface area contributed by atoms with Crippen LogP contribution in [0.3, 0.4) is 0 Å². The van der Waals surface area contributed by atoms with Crippen molar-refractivity contribution in [2.75, 3.05) is 24.6 Å². The molecule has 0 aromatic heterocycles. The normalized spacial score (nSPS) is 10.2. The summed E-state index contributed by atoms with van der Waals surface area (Å²) in [5.74, 6) is 6.61. The van der Waals surface area contributed by atoms with Gasteiger partial charge in [-0.25, -0.2) is 5.84 Å². The van der Waals surface area contributed by atoms with Crippen LogP contribution >= 0.6 is 11.8 Å². The SMILES string of the molecule is CCN(CC)C(=O)CSCCCCCC(=O)NN. The fourth-order valence-corrected chi connectivity index (χ4v) is 2.48. The first kappa shape index (κ1) is 17.2. The number of hydrazine groups is 1. The lowest BCUT2D eigenvalue weighted by molar-refractivity contribution is -0.128. The van der Waals surface area contributed by atoms with Gasteiger partial charge in [-0.2, -0.15) is 11.8 Å². The van der Waals surface area contributed by atoms with Crippen LogP contribution in [-0.4, -0.2) is 41.3 Å². The molecular weight excluding hydrogens is 250 g/mol. The zero-order valence-corrected chi connectivity index (χ0v) is 12.2. The second-order valence-electron chi connectivity index (χ2n) is 4.00. The van der Waals surface area contributed by atoms with E-state index in [4.69, 9.17) is 5.84 Å². The molecular formula is C12H25N3O2S. The molecule has 0 bridgehead atoms. The Balaban J connectivity index is 3.40. The summed E-state index contributed by atoms with van der Waals surface area (Å²) in [4.78, 5) is 24.3. The molecule has 0 spiro atoms. The molecule has 0 aliphatic rings. The highest BCUT2D eigenvalue weighted by atomic mass is 32.2. The quantitative estimate of drug-likeness (QED) is 0.271. The number of hydrogen-bond acceptors (Lipinski definition) is 4. The van der Waals surface area contributed by atoms with E-state index in [1.165, 1.54) is 0 Å². The van der Waals surface area contributed by atoms with Crippen molar-refractivity contribution in [1.29, 1.82) is 0 Å². The maximum Gasteiger partial charge on any atom is 0.233 e. The first-order chi connectivity index (χ1) is 8.65. The second-order valence-corrected chi connectivity index (χ2v) is 5.10. The number of nitrogens with zero attached hydrogens (tertiary/aromatic N) is 1. The van der Waals surface area contributed by atoms with E-state index in [-0.39, 0.29) is 11.8 Å². The van der Waals surface area contributed by atoms with Gasteiger partial charge in [0.05, 0.1) is 5.75 Å². The van der Waals surface area contributed by atoms with Crippen molar-refractivity contribution in [3.8, 4) is 0 Å². The smallest absolute Gasteiger partial charge is 0.233 e.